The molecule has 1 saturated carbocycles. The fraction of sp³-hybridized carbons (Fsp3) is 0.250. The Morgan fingerprint density at radius 2 is 1.81 bits per heavy atom. The van der Waals surface area contributed by atoms with Gasteiger partial charge in [-0.15, -0.1) is 0 Å². The average molecular weight is 364 g/mol. The van der Waals surface area contributed by atoms with Crippen LogP contribution in [-0.4, -0.2) is 27.3 Å². The second kappa shape index (κ2) is 7.11. The van der Waals surface area contributed by atoms with Gasteiger partial charge in [0.2, 0.25) is 5.91 Å². The van der Waals surface area contributed by atoms with Crippen LogP contribution in [0.3, 0.4) is 0 Å². The van der Waals surface area contributed by atoms with Crippen LogP contribution in [0.2, 0.25) is 0 Å². The van der Waals surface area contributed by atoms with Gasteiger partial charge in [-0.2, -0.15) is 5.10 Å². The monoisotopic (exact) mass is 364 g/mol. The Labute approximate surface area is 156 Å². The topological polar surface area (TPSA) is 98.3 Å². The zero-order chi connectivity index (χ0) is 18.8. The van der Waals surface area contributed by atoms with Gasteiger partial charge in [0.1, 0.15) is 0 Å². The van der Waals surface area contributed by atoms with Gasteiger partial charge in [-0.1, -0.05) is 31.0 Å². The van der Waals surface area contributed by atoms with Gasteiger partial charge in [-0.25, -0.2) is 9.69 Å². The summed E-state index contributed by atoms with van der Waals surface area (Å²) in [5, 5.41) is 20.4. The zero-order valence-electron chi connectivity index (χ0n) is 14.7. The average Bonchev–Trinajstić information content (AvgIpc) is 3.33. The van der Waals surface area contributed by atoms with E-state index in [2.05, 4.69) is 15.5 Å². The molecule has 0 unspecified atom stereocenters. The van der Waals surface area contributed by atoms with E-state index >= 15 is 0 Å². The molecule has 0 saturated heterocycles. The highest BCUT2D eigenvalue weighted by molar-refractivity contribution is 6.03. The van der Waals surface area contributed by atoms with Gasteiger partial charge in [0.15, 0.2) is 5.82 Å². The number of rotatable bonds is 4. The molecule has 1 aliphatic rings. The first-order chi connectivity index (χ1) is 13.1. The van der Waals surface area contributed by atoms with Crippen molar-refractivity contribution >= 4 is 40.1 Å². The summed E-state index contributed by atoms with van der Waals surface area (Å²) in [7, 11) is 0. The van der Waals surface area contributed by atoms with Crippen LogP contribution in [0.4, 0.5) is 22.0 Å². The molecule has 1 fully saturated rings. The van der Waals surface area contributed by atoms with Crippen LogP contribution in [0.1, 0.15) is 25.7 Å². The predicted molar refractivity (Wildman–Crippen MR) is 103 cm³/mol. The van der Waals surface area contributed by atoms with Crippen LogP contribution in [-0.2, 0) is 4.79 Å². The number of amides is 2. The van der Waals surface area contributed by atoms with Gasteiger partial charge in [-0.05, 0) is 43.2 Å². The van der Waals surface area contributed by atoms with E-state index in [-0.39, 0.29) is 11.8 Å². The standard InChI is InChI=1S/C20H20N4O3/c25-19(13-6-4-5-7-13)21-18-16-11-10-15(12-17(16)22-23-18)24(20(26)27)14-8-2-1-3-9-14/h1-3,8-13H,4-7H2,(H,26,27)(H2,21,22,23,25). The number of carbonyl (C=O) groups is 2. The van der Waals surface area contributed by atoms with E-state index in [0.717, 1.165) is 31.1 Å². The Bertz CT molecular complexity index is 977. The lowest BCUT2D eigenvalue weighted by atomic mass is 10.1. The maximum absolute atomic E-state index is 12.4. The van der Waals surface area contributed by atoms with Crippen molar-refractivity contribution in [1.29, 1.82) is 0 Å². The highest BCUT2D eigenvalue weighted by Crippen LogP contribution is 2.31. The molecule has 3 aromatic rings. The van der Waals surface area contributed by atoms with Crippen molar-refractivity contribution in [2.75, 3.05) is 10.2 Å². The number of benzene rings is 2. The number of hydrogen-bond donors (Lipinski definition) is 3. The summed E-state index contributed by atoms with van der Waals surface area (Å²) in [6.07, 6.45) is 2.95. The molecule has 2 amide bonds. The molecule has 0 spiro atoms. The zero-order valence-corrected chi connectivity index (χ0v) is 14.7. The molecule has 7 nitrogen and oxygen atoms in total. The molecule has 2 aromatic carbocycles. The molecule has 138 valence electrons. The fourth-order valence-electron chi connectivity index (χ4n) is 3.60. The van der Waals surface area contributed by atoms with Gasteiger partial charge in [-0.3, -0.25) is 9.89 Å². The summed E-state index contributed by atoms with van der Waals surface area (Å²) >= 11 is 0. The number of nitrogens with one attached hydrogen (secondary N) is 2. The summed E-state index contributed by atoms with van der Waals surface area (Å²) in [6.45, 7) is 0. The Morgan fingerprint density at radius 1 is 1.07 bits per heavy atom. The number of hydrogen-bond acceptors (Lipinski definition) is 3. The molecule has 4 rings (SSSR count). The van der Waals surface area contributed by atoms with Crippen molar-refractivity contribution in [3.63, 3.8) is 0 Å². The minimum absolute atomic E-state index is 0.00132. The molecule has 7 heteroatoms. The van der Waals surface area contributed by atoms with E-state index in [1.54, 1.807) is 42.5 Å². The van der Waals surface area contributed by atoms with Crippen molar-refractivity contribution in [2.45, 2.75) is 25.7 Å². The molecule has 0 bridgehead atoms. The van der Waals surface area contributed by atoms with Gasteiger partial charge < -0.3 is 10.4 Å². The van der Waals surface area contributed by atoms with Crippen molar-refractivity contribution in [1.82, 2.24) is 10.2 Å². The smallest absolute Gasteiger partial charge is 0.416 e. The van der Waals surface area contributed by atoms with E-state index in [1.165, 1.54) is 4.90 Å². The summed E-state index contributed by atoms with van der Waals surface area (Å²) < 4.78 is 0. The van der Waals surface area contributed by atoms with Crippen LogP contribution in [0.15, 0.2) is 48.5 Å². The van der Waals surface area contributed by atoms with E-state index in [1.807, 2.05) is 6.07 Å². The Morgan fingerprint density at radius 3 is 2.52 bits per heavy atom. The molecule has 0 radical (unpaired) electrons. The summed E-state index contributed by atoms with van der Waals surface area (Å²) in [5.74, 6) is 0.535. The lowest BCUT2D eigenvalue weighted by Crippen LogP contribution is -2.23. The van der Waals surface area contributed by atoms with E-state index < -0.39 is 6.09 Å². The summed E-state index contributed by atoms with van der Waals surface area (Å²) in [5.41, 5.74) is 1.72. The lowest BCUT2D eigenvalue weighted by molar-refractivity contribution is -0.119. The molecule has 1 heterocycles. The fourth-order valence-corrected chi connectivity index (χ4v) is 3.60. The number of carboxylic acid groups (broad SMARTS) is 1. The van der Waals surface area contributed by atoms with E-state index in [4.69, 9.17) is 0 Å². The number of carbonyl (C=O) groups excluding carboxylic acids is 1. The molecule has 27 heavy (non-hydrogen) atoms. The third-order valence-corrected chi connectivity index (χ3v) is 4.98. The number of para-hydroxylation sites is 1. The number of H-pyrrole nitrogens is 1. The first-order valence-corrected chi connectivity index (χ1v) is 9.00. The van der Waals surface area contributed by atoms with Crippen LogP contribution in [0, 0.1) is 5.92 Å². The number of aromatic amines is 1. The van der Waals surface area contributed by atoms with Crippen molar-refractivity contribution in [2.24, 2.45) is 5.92 Å². The molecule has 0 atom stereocenters. The van der Waals surface area contributed by atoms with Crippen LogP contribution in [0.25, 0.3) is 10.9 Å². The quantitative estimate of drug-likeness (QED) is 0.634. The third kappa shape index (κ3) is 3.36. The molecule has 1 aromatic heterocycles. The second-order valence-corrected chi connectivity index (χ2v) is 6.73. The Balaban J connectivity index is 1.63. The Hall–Kier alpha value is -3.35. The van der Waals surface area contributed by atoms with Gasteiger partial charge in [0.25, 0.3) is 0 Å². The Kier molecular flexibility index (Phi) is 4.50. The SMILES string of the molecule is O=C(Nc1n[nH]c2cc(N(C(=O)O)c3ccccc3)ccc12)C1CCCC1. The van der Waals surface area contributed by atoms with Crippen LogP contribution < -0.4 is 10.2 Å². The number of anilines is 3. The molecule has 3 N–H and O–H groups in total. The van der Waals surface area contributed by atoms with Crippen molar-refractivity contribution < 1.29 is 14.7 Å². The van der Waals surface area contributed by atoms with Crippen molar-refractivity contribution in [3.8, 4) is 0 Å². The highest BCUT2D eigenvalue weighted by atomic mass is 16.4. The van der Waals surface area contributed by atoms with Crippen molar-refractivity contribution in [3.05, 3.63) is 48.5 Å². The van der Waals surface area contributed by atoms with Gasteiger partial charge in [0.05, 0.1) is 16.9 Å². The number of nitrogens with zero attached hydrogens (tertiary/aromatic N) is 2. The maximum Gasteiger partial charge on any atom is 0.416 e. The van der Waals surface area contributed by atoms with E-state index in [9.17, 15) is 14.7 Å². The molecular formula is C20H20N4O3. The lowest BCUT2D eigenvalue weighted by Gasteiger charge is -2.19. The predicted octanol–water partition coefficient (Wildman–Crippen LogP) is 4.51. The summed E-state index contributed by atoms with van der Waals surface area (Å²) in [6, 6.07) is 14.1. The first kappa shape index (κ1) is 17.1. The summed E-state index contributed by atoms with van der Waals surface area (Å²) in [4.78, 5) is 25.3. The minimum Gasteiger partial charge on any atom is -0.464 e. The van der Waals surface area contributed by atoms with Crippen LogP contribution >= 0.6 is 0 Å². The molecule has 0 aliphatic heterocycles. The normalized spacial score (nSPS) is 14.4. The molecule has 1 aliphatic carbocycles. The van der Waals surface area contributed by atoms with Gasteiger partial charge in [0, 0.05) is 11.3 Å². The number of fused-ring (bicyclic) bond motifs is 1. The third-order valence-electron chi connectivity index (χ3n) is 4.98. The largest absolute Gasteiger partial charge is 0.464 e. The van der Waals surface area contributed by atoms with Gasteiger partial charge >= 0.3 is 6.09 Å². The molecular weight excluding hydrogens is 344 g/mol. The maximum atomic E-state index is 12.4. The highest BCUT2D eigenvalue weighted by Gasteiger charge is 2.24. The van der Waals surface area contributed by atoms with Crippen LogP contribution in [0.5, 0.6) is 0 Å². The minimum atomic E-state index is -1.07. The van der Waals surface area contributed by atoms with E-state index in [0.29, 0.717) is 22.7 Å². The second-order valence-electron chi connectivity index (χ2n) is 6.73. The first-order valence-electron chi connectivity index (χ1n) is 9.00. The number of aromatic nitrogens is 2.